The zero-order valence-electron chi connectivity index (χ0n) is 11.5. The minimum Gasteiger partial charge on any atom is -0.342 e. The molecule has 2 aromatic rings. The second-order valence-corrected chi connectivity index (χ2v) is 6.72. The van der Waals surface area contributed by atoms with E-state index < -0.39 is 0 Å². The van der Waals surface area contributed by atoms with Crippen molar-refractivity contribution in [2.75, 3.05) is 0 Å². The predicted octanol–water partition coefficient (Wildman–Crippen LogP) is 4.28. The second kappa shape index (κ2) is 3.86. The van der Waals surface area contributed by atoms with Crippen LogP contribution in [0.2, 0.25) is 0 Å². The summed E-state index contributed by atoms with van der Waals surface area (Å²) in [4.78, 5) is 8.16. The Morgan fingerprint density at radius 3 is 2.29 bits per heavy atom. The molecule has 0 saturated carbocycles. The molecule has 1 heterocycles. The van der Waals surface area contributed by atoms with Crippen molar-refractivity contribution in [2.24, 2.45) is 5.41 Å². The molecule has 0 atom stereocenters. The normalized spacial score (nSPS) is 13.2. The first-order valence-electron chi connectivity index (χ1n) is 6.23. The first kappa shape index (κ1) is 12.2. The van der Waals surface area contributed by atoms with Gasteiger partial charge in [0.05, 0.1) is 11.0 Å². The number of nitrogens with zero attached hydrogens (tertiary/aromatic N) is 1. The molecule has 0 fully saturated rings. The van der Waals surface area contributed by atoms with Crippen molar-refractivity contribution in [3.63, 3.8) is 0 Å². The van der Waals surface area contributed by atoms with E-state index in [1.54, 1.807) is 0 Å². The average molecular weight is 230 g/mol. The number of fused-ring (bicyclic) bond motifs is 1. The van der Waals surface area contributed by atoms with E-state index in [9.17, 15) is 0 Å². The van der Waals surface area contributed by atoms with E-state index in [-0.39, 0.29) is 5.41 Å². The van der Waals surface area contributed by atoms with E-state index in [4.69, 9.17) is 4.98 Å². The SMILES string of the molecule is CC(C)(C)CC(C)(C)c1nc2ccccc2[nH]1. The summed E-state index contributed by atoms with van der Waals surface area (Å²) in [6.07, 6.45) is 1.11. The Morgan fingerprint density at radius 2 is 1.71 bits per heavy atom. The molecule has 0 spiro atoms. The van der Waals surface area contributed by atoms with Gasteiger partial charge in [0.1, 0.15) is 5.82 Å². The molecule has 2 rings (SSSR count). The molecule has 1 N–H and O–H groups in total. The van der Waals surface area contributed by atoms with Crippen molar-refractivity contribution < 1.29 is 0 Å². The van der Waals surface area contributed by atoms with Gasteiger partial charge in [0.15, 0.2) is 0 Å². The van der Waals surface area contributed by atoms with Gasteiger partial charge >= 0.3 is 0 Å². The molecule has 0 radical (unpaired) electrons. The molecular formula is C15H22N2. The van der Waals surface area contributed by atoms with Gasteiger partial charge in [0.2, 0.25) is 0 Å². The Labute approximate surface area is 103 Å². The van der Waals surface area contributed by atoms with Crippen LogP contribution in [-0.2, 0) is 5.41 Å². The molecule has 0 amide bonds. The van der Waals surface area contributed by atoms with Crippen molar-refractivity contribution in [2.45, 2.75) is 46.5 Å². The number of H-pyrrole nitrogens is 1. The lowest BCUT2D eigenvalue weighted by molar-refractivity contribution is 0.276. The van der Waals surface area contributed by atoms with Gasteiger partial charge in [-0.25, -0.2) is 4.98 Å². The number of imidazole rings is 1. The van der Waals surface area contributed by atoms with Gasteiger partial charge in [-0.3, -0.25) is 0 Å². The fourth-order valence-corrected chi connectivity index (χ4v) is 2.68. The maximum atomic E-state index is 4.71. The molecule has 0 aliphatic carbocycles. The van der Waals surface area contributed by atoms with E-state index in [1.807, 2.05) is 12.1 Å². The van der Waals surface area contributed by atoms with Crippen LogP contribution < -0.4 is 0 Å². The lowest BCUT2D eigenvalue weighted by Crippen LogP contribution is -2.26. The standard InChI is InChI=1S/C15H22N2/c1-14(2,3)10-15(4,5)13-16-11-8-6-7-9-12(11)17-13/h6-9H,10H2,1-5H3,(H,16,17). The predicted molar refractivity (Wildman–Crippen MR) is 73.2 cm³/mol. The summed E-state index contributed by atoms with van der Waals surface area (Å²) in [6.45, 7) is 11.3. The maximum Gasteiger partial charge on any atom is 0.112 e. The number of rotatable bonds is 2. The number of aromatic nitrogens is 2. The molecule has 2 heteroatoms. The molecular weight excluding hydrogens is 208 g/mol. The summed E-state index contributed by atoms with van der Waals surface area (Å²) in [5.74, 6) is 1.09. The summed E-state index contributed by atoms with van der Waals surface area (Å²) in [5.41, 5.74) is 2.58. The van der Waals surface area contributed by atoms with E-state index in [2.05, 4.69) is 51.7 Å². The number of benzene rings is 1. The maximum absolute atomic E-state index is 4.71. The summed E-state index contributed by atoms with van der Waals surface area (Å²) in [5, 5.41) is 0. The van der Waals surface area contributed by atoms with Gasteiger partial charge in [-0.15, -0.1) is 0 Å². The third kappa shape index (κ3) is 2.68. The van der Waals surface area contributed by atoms with Crippen LogP contribution in [-0.4, -0.2) is 9.97 Å². The monoisotopic (exact) mass is 230 g/mol. The minimum atomic E-state index is 0.0806. The Kier molecular flexibility index (Phi) is 2.76. The van der Waals surface area contributed by atoms with Gasteiger partial charge in [-0.05, 0) is 24.0 Å². The van der Waals surface area contributed by atoms with Crippen molar-refractivity contribution >= 4 is 11.0 Å². The molecule has 2 nitrogen and oxygen atoms in total. The van der Waals surface area contributed by atoms with Gasteiger partial charge < -0.3 is 4.98 Å². The first-order valence-corrected chi connectivity index (χ1v) is 6.23. The molecule has 0 saturated heterocycles. The highest BCUT2D eigenvalue weighted by molar-refractivity contribution is 5.74. The quantitative estimate of drug-likeness (QED) is 0.819. The summed E-state index contributed by atoms with van der Waals surface area (Å²) in [7, 11) is 0. The molecule has 0 aliphatic rings. The summed E-state index contributed by atoms with van der Waals surface area (Å²) in [6, 6.07) is 8.21. The van der Waals surface area contributed by atoms with Crippen molar-refractivity contribution in [1.82, 2.24) is 9.97 Å². The number of nitrogens with one attached hydrogen (secondary N) is 1. The lowest BCUT2D eigenvalue weighted by atomic mass is 9.76. The second-order valence-electron chi connectivity index (χ2n) is 6.72. The summed E-state index contributed by atoms with van der Waals surface area (Å²) < 4.78 is 0. The fourth-order valence-electron chi connectivity index (χ4n) is 2.68. The van der Waals surface area contributed by atoms with Crippen LogP contribution in [0.15, 0.2) is 24.3 Å². The zero-order valence-corrected chi connectivity index (χ0v) is 11.5. The van der Waals surface area contributed by atoms with E-state index in [0.717, 1.165) is 23.3 Å². The number of aromatic amines is 1. The van der Waals surface area contributed by atoms with Crippen LogP contribution in [0.4, 0.5) is 0 Å². The van der Waals surface area contributed by atoms with Crippen LogP contribution in [0.25, 0.3) is 11.0 Å². The molecule has 0 aliphatic heterocycles. The molecule has 0 unspecified atom stereocenters. The van der Waals surface area contributed by atoms with E-state index in [1.165, 1.54) is 0 Å². The van der Waals surface area contributed by atoms with Crippen molar-refractivity contribution in [3.05, 3.63) is 30.1 Å². The zero-order chi connectivity index (χ0) is 12.7. The average Bonchev–Trinajstić information content (AvgIpc) is 2.57. The van der Waals surface area contributed by atoms with Crippen LogP contribution in [0, 0.1) is 5.41 Å². The lowest BCUT2D eigenvalue weighted by Gasteiger charge is -2.30. The van der Waals surface area contributed by atoms with Crippen LogP contribution in [0.1, 0.15) is 46.9 Å². The van der Waals surface area contributed by atoms with Crippen molar-refractivity contribution in [3.8, 4) is 0 Å². The summed E-state index contributed by atoms with van der Waals surface area (Å²) >= 11 is 0. The third-order valence-corrected chi connectivity index (χ3v) is 3.00. The Hall–Kier alpha value is -1.31. The number of hydrogen-bond donors (Lipinski definition) is 1. The highest BCUT2D eigenvalue weighted by atomic mass is 14.9. The van der Waals surface area contributed by atoms with Gasteiger partial charge in [0, 0.05) is 5.41 Å². The molecule has 17 heavy (non-hydrogen) atoms. The topological polar surface area (TPSA) is 28.7 Å². The van der Waals surface area contributed by atoms with Crippen molar-refractivity contribution in [1.29, 1.82) is 0 Å². The highest BCUT2D eigenvalue weighted by Gasteiger charge is 2.29. The Morgan fingerprint density at radius 1 is 1.06 bits per heavy atom. The van der Waals surface area contributed by atoms with Gasteiger partial charge in [-0.1, -0.05) is 46.8 Å². The van der Waals surface area contributed by atoms with E-state index >= 15 is 0 Å². The molecule has 0 bridgehead atoms. The number of hydrogen-bond acceptors (Lipinski definition) is 1. The van der Waals surface area contributed by atoms with Crippen LogP contribution >= 0.6 is 0 Å². The molecule has 1 aromatic carbocycles. The third-order valence-electron chi connectivity index (χ3n) is 3.00. The Balaban J connectivity index is 2.38. The van der Waals surface area contributed by atoms with Crippen LogP contribution in [0.3, 0.4) is 0 Å². The smallest absolute Gasteiger partial charge is 0.112 e. The minimum absolute atomic E-state index is 0.0806. The molecule has 92 valence electrons. The fraction of sp³-hybridized carbons (Fsp3) is 0.533. The number of para-hydroxylation sites is 2. The van der Waals surface area contributed by atoms with Crippen LogP contribution in [0.5, 0.6) is 0 Å². The Bertz CT molecular complexity index is 482. The van der Waals surface area contributed by atoms with Gasteiger partial charge in [-0.2, -0.15) is 0 Å². The first-order chi connectivity index (χ1) is 7.78. The molecule has 1 aromatic heterocycles. The van der Waals surface area contributed by atoms with Gasteiger partial charge in [0.25, 0.3) is 0 Å². The largest absolute Gasteiger partial charge is 0.342 e. The highest BCUT2D eigenvalue weighted by Crippen LogP contribution is 2.35. The van der Waals surface area contributed by atoms with E-state index in [0.29, 0.717) is 5.41 Å².